The van der Waals surface area contributed by atoms with Gasteiger partial charge in [0.25, 0.3) is 0 Å². The molecule has 2 aliphatic rings. The number of pyridine rings is 2. The summed E-state index contributed by atoms with van der Waals surface area (Å²) >= 11 is 0. The Morgan fingerprint density at radius 3 is 2.22 bits per heavy atom. The van der Waals surface area contributed by atoms with Gasteiger partial charge in [0, 0.05) is 40.4 Å². The first-order chi connectivity index (χ1) is 22.0. The maximum atomic E-state index is 4.88. The van der Waals surface area contributed by atoms with E-state index in [2.05, 4.69) is 159 Å². The quantitative estimate of drug-likeness (QED) is 0.140. The van der Waals surface area contributed by atoms with Gasteiger partial charge in [-0.2, -0.15) is 9.13 Å². The molecule has 0 bridgehead atoms. The van der Waals surface area contributed by atoms with E-state index in [0.717, 1.165) is 25.7 Å². The first kappa shape index (κ1) is 30.6. The lowest BCUT2D eigenvalue weighted by atomic mass is 9.77. The van der Waals surface area contributed by atoms with Gasteiger partial charge in [-0.25, -0.2) is 0 Å². The molecule has 0 saturated carbocycles. The summed E-state index contributed by atoms with van der Waals surface area (Å²) < 4.78 is 5.06. The highest BCUT2D eigenvalue weighted by molar-refractivity contribution is 6.89. The van der Waals surface area contributed by atoms with Gasteiger partial charge < -0.3 is 0 Å². The average molecular weight is 621 g/mol. The van der Waals surface area contributed by atoms with Crippen molar-refractivity contribution in [2.24, 2.45) is 5.41 Å². The van der Waals surface area contributed by atoms with Crippen LogP contribution in [0.5, 0.6) is 0 Å². The van der Waals surface area contributed by atoms with Crippen LogP contribution in [-0.4, -0.2) is 8.07 Å². The third-order valence-electron chi connectivity index (χ3n) is 10.1. The van der Waals surface area contributed by atoms with Crippen LogP contribution in [0.3, 0.4) is 0 Å². The van der Waals surface area contributed by atoms with E-state index in [9.17, 15) is 0 Å². The van der Waals surface area contributed by atoms with Crippen molar-refractivity contribution >= 4 is 19.0 Å². The molecular weight excluding hydrogens is 573 g/mol. The van der Waals surface area contributed by atoms with Crippen LogP contribution >= 0.6 is 0 Å². The molecule has 0 radical (unpaired) electrons. The molecule has 2 aliphatic heterocycles. The van der Waals surface area contributed by atoms with Crippen LogP contribution in [0, 0.1) is 5.41 Å². The average Bonchev–Trinajstić information content (AvgIpc) is 3.03. The van der Waals surface area contributed by atoms with Crippen molar-refractivity contribution in [3.63, 3.8) is 0 Å². The molecule has 232 valence electrons. The lowest BCUT2D eigenvalue weighted by Gasteiger charge is -2.32. The van der Waals surface area contributed by atoms with Gasteiger partial charge >= 0.3 is 0 Å². The van der Waals surface area contributed by atoms with Crippen LogP contribution < -0.4 is 14.3 Å². The second-order valence-corrected chi connectivity index (χ2v) is 20.8. The Labute approximate surface area is 277 Å². The summed E-state index contributed by atoms with van der Waals surface area (Å²) in [5.41, 5.74) is 13.6. The Kier molecular flexibility index (Phi) is 7.72. The molecule has 3 heteroatoms. The van der Waals surface area contributed by atoms with Crippen molar-refractivity contribution in [1.82, 2.24) is 0 Å². The van der Waals surface area contributed by atoms with E-state index in [1.54, 1.807) is 5.19 Å². The van der Waals surface area contributed by atoms with E-state index in [-0.39, 0.29) is 11.5 Å². The predicted octanol–water partition coefficient (Wildman–Crippen LogP) is 9.54. The second-order valence-electron chi connectivity index (χ2n) is 15.8. The third-order valence-corrected chi connectivity index (χ3v) is 12.1. The fourth-order valence-electron chi connectivity index (χ4n) is 7.97. The molecule has 0 fully saturated rings. The van der Waals surface area contributed by atoms with E-state index in [4.69, 9.17) is 6.58 Å². The van der Waals surface area contributed by atoms with Crippen molar-refractivity contribution in [3.05, 3.63) is 133 Å². The number of aromatic nitrogens is 2. The van der Waals surface area contributed by atoms with Gasteiger partial charge in [0.1, 0.15) is 0 Å². The van der Waals surface area contributed by atoms with Crippen molar-refractivity contribution < 1.29 is 9.13 Å². The van der Waals surface area contributed by atoms with E-state index >= 15 is 0 Å². The zero-order chi connectivity index (χ0) is 32.2. The van der Waals surface area contributed by atoms with Crippen molar-refractivity contribution in [3.8, 4) is 33.6 Å². The molecule has 5 aromatic rings. The topological polar surface area (TPSA) is 7.76 Å². The Bertz CT molecular complexity index is 1940. The molecule has 46 heavy (non-hydrogen) atoms. The van der Waals surface area contributed by atoms with Crippen LogP contribution in [0.2, 0.25) is 19.6 Å². The molecule has 2 unspecified atom stereocenters. The normalized spacial score (nSPS) is 17.7. The number of rotatable bonds is 3. The smallest absolute Gasteiger partial charge is 0.194 e. The highest BCUT2D eigenvalue weighted by atomic mass is 28.3. The lowest BCUT2D eigenvalue weighted by molar-refractivity contribution is -0.720. The van der Waals surface area contributed by atoms with Gasteiger partial charge in [-0.1, -0.05) is 107 Å². The fraction of sp³-hybridized carbons (Fsp3) is 0.302. The summed E-state index contributed by atoms with van der Waals surface area (Å²) in [6.07, 6.45) is 8.96. The first-order valence-corrected chi connectivity index (χ1v) is 20.5. The van der Waals surface area contributed by atoms with Gasteiger partial charge in [-0.15, -0.1) is 0 Å². The standard InChI is InChI=1S/C43H48N2Si/c1-30-25-39-38(36-19-13-14-20-37(36)41-26-33(23-24-44(39)41)31-15-9-8-10-16-31)22-21-32-17-11-12-18-35(32)40-27-34(28-43(2,3)4)42(29-45(30)40)46(5,6)7/h8-20,23-24,26-27,29,38-39H,1,21-22,25,28H2,2-7H3/q+2. The minimum absolute atomic E-state index is 0.210. The number of fused-ring (bicyclic) bond motifs is 9. The molecule has 2 aromatic heterocycles. The zero-order valence-electron chi connectivity index (χ0n) is 28.5. The molecule has 0 N–H and O–H groups in total. The minimum atomic E-state index is -1.66. The highest BCUT2D eigenvalue weighted by Gasteiger charge is 2.43. The predicted molar refractivity (Wildman–Crippen MR) is 196 cm³/mol. The number of hydrogen-bond donors (Lipinski definition) is 0. The van der Waals surface area contributed by atoms with Gasteiger partial charge in [-0.05, 0) is 71.2 Å². The SMILES string of the molecule is C=C1CC2C(CCc3ccccc3-c3cc(CC(C)(C)C)c([Si](C)(C)C)c[n+]31)c1ccccc1-c1cc(-c3ccccc3)cc[n+]12. The summed E-state index contributed by atoms with van der Waals surface area (Å²) in [4.78, 5) is 0. The summed E-state index contributed by atoms with van der Waals surface area (Å²) in [7, 11) is -1.66. The van der Waals surface area contributed by atoms with Gasteiger partial charge in [0.2, 0.25) is 11.4 Å². The highest BCUT2D eigenvalue weighted by Crippen LogP contribution is 2.44. The van der Waals surface area contributed by atoms with Crippen molar-refractivity contribution in [2.45, 2.75) is 78.1 Å². The Morgan fingerprint density at radius 2 is 1.48 bits per heavy atom. The number of allylic oxidation sites excluding steroid dienone is 1. The number of aryl methyl sites for hydroxylation is 1. The van der Waals surface area contributed by atoms with Gasteiger partial charge in [0.15, 0.2) is 24.1 Å². The number of hydrogen-bond acceptors (Lipinski definition) is 0. The van der Waals surface area contributed by atoms with E-state index in [0.29, 0.717) is 5.92 Å². The Balaban J connectivity index is 1.42. The van der Waals surface area contributed by atoms with E-state index in [1.165, 1.54) is 56.0 Å². The van der Waals surface area contributed by atoms with Gasteiger partial charge in [0.05, 0.1) is 14.5 Å². The molecule has 2 nitrogen and oxygen atoms in total. The summed E-state index contributed by atoms with van der Waals surface area (Å²) in [6, 6.07) is 36.6. The third kappa shape index (κ3) is 5.71. The molecule has 4 heterocycles. The first-order valence-electron chi connectivity index (χ1n) is 17.0. The Hall–Kier alpha value is -4.08. The monoisotopic (exact) mass is 620 g/mol. The molecule has 0 amide bonds. The minimum Gasteiger partial charge on any atom is -0.194 e. The van der Waals surface area contributed by atoms with E-state index in [1.807, 2.05) is 0 Å². The lowest BCUT2D eigenvalue weighted by Crippen LogP contribution is -2.51. The molecule has 0 aliphatic carbocycles. The maximum absolute atomic E-state index is 4.88. The largest absolute Gasteiger partial charge is 0.218 e. The van der Waals surface area contributed by atoms with E-state index < -0.39 is 8.07 Å². The van der Waals surface area contributed by atoms with Crippen LogP contribution in [-0.2, 0) is 12.8 Å². The maximum Gasteiger partial charge on any atom is 0.218 e. The molecule has 3 aromatic carbocycles. The van der Waals surface area contributed by atoms with Crippen LogP contribution in [0.1, 0.15) is 62.3 Å². The molecule has 0 spiro atoms. The Morgan fingerprint density at radius 1 is 0.783 bits per heavy atom. The second kappa shape index (κ2) is 11.6. The van der Waals surface area contributed by atoms with Crippen LogP contribution in [0.15, 0.2) is 116 Å². The molecule has 7 rings (SSSR count). The van der Waals surface area contributed by atoms with Crippen LogP contribution in [0.25, 0.3) is 39.3 Å². The zero-order valence-corrected chi connectivity index (χ0v) is 29.5. The summed E-state index contributed by atoms with van der Waals surface area (Å²) in [5.74, 6) is 0.389. The molecular formula is C43H48N2Si+2. The van der Waals surface area contributed by atoms with Crippen LogP contribution in [0.4, 0.5) is 0 Å². The number of nitrogens with zero attached hydrogens (tertiary/aromatic N) is 2. The van der Waals surface area contributed by atoms with Crippen molar-refractivity contribution in [2.75, 3.05) is 0 Å². The summed E-state index contributed by atoms with van der Waals surface area (Å²) in [6.45, 7) is 19.4. The molecule has 2 atom stereocenters. The molecule has 0 saturated heterocycles. The fourth-order valence-corrected chi connectivity index (χ4v) is 9.61. The number of benzene rings is 3. The van der Waals surface area contributed by atoms with Gasteiger partial charge in [-0.3, -0.25) is 0 Å². The summed E-state index contributed by atoms with van der Waals surface area (Å²) in [5, 5.41) is 1.55. The van der Waals surface area contributed by atoms with Crippen molar-refractivity contribution in [1.29, 1.82) is 0 Å².